The number of hydrogen-bond acceptors (Lipinski definition) is 2. The number of aryl methyl sites for hydroxylation is 3. The summed E-state index contributed by atoms with van der Waals surface area (Å²) in [6.07, 6.45) is -1.17. The summed E-state index contributed by atoms with van der Waals surface area (Å²) in [5.74, 6) is -0.483. The molecule has 1 N–H and O–H groups in total. The third-order valence-corrected chi connectivity index (χ3v) is 5.73. The molecule has 0 atom stereocenters. The Kier molecular flexibility index (Phi) is 2.90. The van der Waals surface area contributed by atoms with Gasteiger partial charge >= 0.3 is 6.18 Å². The number of amides is 1. The van der Waals surface area contributed by atoms with Gasteiger partial charge in [0.05, 0.1) is 21.9 Å². The molecule has 5 rings (SSSR count). The normalized spacial score (nSPS) is 27.8. The lowest BCUT2D eigenvalue weighted by atomic mass is 9.39. The molecule has 0 aromatic carbocycles. The maximum absolute atomic E-state index is 12.9. The Balaban J connectivity index is 1.66. The molecule has 25 heavy (non-hydrogen) atoms. The minimum atomic E-state index is -4.22. The van der Waals surface area contributed by atoms with Gasteiger partial charge in [0.2, 0.25) is 0 Å². The van der Waals surface area contributed by atoms with Crippen molar-refractivity contribution in [3.05, 3.63) is 33.9 Å². The number of hydrogen-bond donors (Lipinski definition) is 1. The molecule has 3 aliphatic rings. The molecule has 2 aromatic rings. The largest absolute Gasteiger partial charge is 0.394 e. The van der Waals surface area contributed by atoms with E-state index in [2.05, 4.69) is 5.32 Å². The molecule has 0 radical (unpaired) electrons. The minimum Gasteiger partial charge on any atom is -0.349 e. The van der Waals surface area contributed by atoms with Gasteiger partial charge in [0.25, 0.3) is 11.5 Å². The SMILES string of the molecule is Cc1cn(C)c(=O)c2c(C(=O)NC34CC(C(F)(F)F)(C3)C4)cn(C)c12. The summed E-state index contributed by atoms with van der Waals surface area (Å²) in [6.45, 7) is 1.84. The number of rotatable bonds is 2. The smallest absolute Gasteiger partial charge is 0.349 e. The molecule has 0 saturated heterocycles. The zero-order chi connectivity index (χ0) is 18.4. The lowest BCUT2D eigenvalue weighted by Gasteiger charge is -2.70. The first kappa shape index (κ1) is 16.2. The first-order valence-corrected chi connectivity index (χ1v) is 8.03. The Morgan fingerprint density at radius 3 is 2.32 bits per heavy atom. The van der Waals surface area contributed by atoms with Crippen molar-refractivity contribution in [2.75, 3.05) is 0 Å². The number of aromatic nitrogens is 2. The van der Waals surface area contributed by atoms with E-state index in [1.807, 2.05) is 6.92 Å². The van der Waals surface area contributed by atoms with Gasteiger partial charge in [-0.15, -0.1) is 0 Å². The van der Waals surface area contributed by atoms with Crippen LogP contribution >= 0.6 is 0 Å². The average molecular weight is 353 g/mol. The predicted octanol–water partition coefficient (Wildman–Crippen LogP) is 2.40. The highest BCUT2D eigenvalue weighted by Crippen LogP contribution is 2.73. The lowest BCUT2D eigenvalue weighted by Crippen LogP contribution is -2.78. The second-order valence-corrected chi connectivity index (χ2v) is 7.65. The second kappa shape index (κ2) is 4.47. The summed E-state index contributed by atoms with van der Waals surface area (Å²) in [7, 11) is 3.35. The second-order valence-electron chi connectivity index (χ2n) is 7.65. The van der Waals surface area contributed by atoms with Gasteiger partial charge in [0.1, 0.15) is 0 Å². The van der Waals surface area contributed by atoms with Crippen molar-refractivity contribution in [1.82, 2.24) is 14.5 Å². The topological polar surface area (TPSA) is 56.0 Å². The summed E-state index contributed by atoms with van der Waals surface area (Å²) < 4.78 is 42.0. The van der Waals surface area contributed by atoms with E-state index >= 15 is 0 Å². The standard InChI is InChI=1S/C17H18F3N3O2/c1-9-4-23(3)14(25)11-10(5-22(2)12(9)11)13(24)21-16-6-15(7-16,8-16)17(18,19)20/h4-5H,6-8H2,1-3H3,(H,21,24). The Morgan fingerprint density at radius 1 is 1.16 bits per heavy atom. The summed E-state index contributed by atoms with van der Waals surface area (Å²) in [5, 5.41) is 3.05. The van der Waals surface area contributed by atoms with Crippen molar-refractivity contribution in [1.29, 1.82) is 0 Å². The molecule has 3 saturated carbocycles. The van der Waals surface area contributed by atoms with E-state index < -0.39 is 23.0 Å². The fourth-order valence-corrected chi connectivity index (χ4v) is 4.61. The minimum absolute atomic E-state index is 0.0724. The number of alkyl halides is 3. The monoisotopic (exact) mass is 353 g/mol. The van der Waals surface area contributed by atoms with E-state index in [-0.39, 0.29) is 30.4 Å². The zero-order valence-corrected chi connectivity index (χ0v) is 14.1. The fourth-order valence-electron chi connectivity index (χ4n) is 4.61. The van der Waals surface area contributed by atoms with Gasteiger partial charge in [-0.25, -0.2) is 0 Å². The molecule has 0 spiro atoms. The van der Waals surface area contributed by atoms with Crippen LogP contribution in [-0.2, 0) is 14.1 Å². The van der Waals surface area contributed by atoms with Crippen LogP contribution in [0.2, 0.25) is 0 Å². The molecule has 2 heterocycles. The summed E-state index contributed by atoms with van der Waals surface area (Å²) >= 11 is 0. The molecule has 3 fully saturated rings. The van der Waals surface area contributed by atoms with E-state index in [0.29, 0.717) is 10.9 Å². The Labute approximate surface area is 141 Å². The molecule has 0 aliphatic heterocycles. The van der Waals surface area contributed by atoms with Gasteiger partial charge in [0.15, 0.2) is 0 Å². The van der Waals surface area contributed by atoms with Crippen LogP contribution in [0.5, 0.6) is 0 Å². The maximum atomic E-state index is 12.9. The van der Waals surface area contributed by atoms with Crippen molar-refractivity contribution in [3.63, 3.8) is 0 Å². The average Bonchev–Trinajstić information content (AvgIpc) is 2.75. The molecule has 8 heteroatoms. The van der Waals surface area contributed by atoms with E-state index in [1.165, 1.54) is 4.57 Å². The molecular formula is C17H18F3N3O2. The summed E-state index contributed by atoms with van der Waals surface area (Å²) in [6, 6.07) is 0. The van der Waals surface area contributed by atoms with Crippen LogP contribution in [0.15, 0.2) is 17.2 Å². The van der Waals surface area contributed by atoms with Crippen molar-refractivity contribution in [2.45, 2.75) is 37.9 Å². The highest BCUT2D eigenvalue weighted by atomic mass is 19.4. The summed E-state index contributed by atoms with van der Waals surface area (Å²) in [4.78, 5) is 25.2. The fraction of sp³-hybridized carbons (Fsp3) is 0.529. The first-order valence-electron chi connectivity index (χ1n) is 8.03. The van der Waals surface area contributed by atoms with Gasteiger partial charge in [-0.3, -0.25) is 9.59 Å². The summed E-state index contributed by atoms with van der Waals surface area (Å²) in [5.41, 5.74) is -0.962. The highest BCUT2D eigenvalue weighted by molar-refractivity contribution is 6.07. The molecule has 1 amide bonds. The molecule has 2 aromatic heterocycles. The van der Waals surface area contributed by atoms with Crippen LogP contribution in [0, 0.1) is 12.3 Å². The van der Waals surface area contributed by atoms with E-state index in [0.717, 1.165) is 5.56 Å². The van der Waals surface area contributed by atoms with E-state index in [9.17, 15) is 22.8 Å². The van der Waals surface area contributed by atoms with Gasteiger partial charge in [-0.1, -0.05) is 0 Å². The van der Waals surface area contributed by atoms with Gasteiger partial charge < -0.3 is 14.5 Å². The van der Waals surface area contributed by atoms with Crippen LogP contribution in [0.25, 0.3) is 10.9 Å². The van der Waals surface area contributed by atoms with E-state index in [1.54, 1.807) is 31.1 Å². The highest BCUT2D eigenvalue weighted by Gasteiger charge is 2.79. The molecule has 0 unspecified atom stereocenters. The zero-order valence-electron chi connectivity index (χ0n) is 14.1. The van der Waals surface area contributed by atoms with Crippen LogP contribution in [0.1, 0.15) is 35.2 Å². The third-order valence-electron chi connectivity index (χ3n) is 5.73. The van der Waals surface area contributed by atoms with Gasteiger partial charge in [0, 0.05) is 32.0 Å². The quantitative estimate of drug-likeness (QED) is 0.901. The van der Waals surface area contributed by atoms with Crippen molar-refractivity contribution >= 4 is 16.8 Å². The van der Waals surface area contributed by atoms with Crippen LogP contribution in [0.3, 0.4) is 0 Å². The Bertz CT molecular complexity index is 964. The third kappa shape index (κ3) is 1.96. The first-order chi connectivity index (χ1) is 11.5. The number of carbonyl (C=O) groups excluding carboxylic acids is 1. The lowest BCUT2D eigenvalue weighted by molar-refractivity contribution is -0.336. The molecule has 2 bridgehead atoms. The van der Waals surface area contributed by atoms with E-state index in [4.69, 9.17) is 0 Å². The van der Waals surface area contributed by atoms with Crippen molar-refractivity contribution in [3.8, 4) is 0 Å². The number of pyridine rings is 1. The number of nitrogens with one attached hydrogen (secondary N) is 1. The van der Waals surface area contributed by atoms with Gasteiger partial charge in [-0.05, 0) is 31.7 Å². The van der Waals surface area contributed by atoms with Crippen molar-refractivity contribution in [2.24, 2.45) is 19.5 Å². The van der Waals surface area contributed by atoms with Crippen LogP contribution in [-0.4, -0.2) is 26.8 Å². The number of halogens is 3. The number of carbonyl (C=O) groups is 1. The Morgan fingerprint density at radius 2 is 1.76 bits per heavy atom. The molecule has 134 valence electrons. The predicted molar refractivity (Wildman–Crippen MR) is 85.4 cm³/mol. The molecule has 5 nitrogen and oxygen atoms in total. The Hall–Kier alpha value is -2.25. The van der Waals surface area contributed by atoms with Gasteiger partial charge in [-0.2, -0.15) is 13.2 Å². The number of fused-ring (bicyclic) bond motifs is 1. The maximum Gasteiger partial charge on any atom is 0.394 e. The molecular weight excluding hydrogens is 335 g/mol. The molecule has 3 aliphatic carbocycles. The number of nitrogens with zero attached hydrogens (tertiary/aromatic N) is 2. The van der Waals surface area contributed by atoms with Crippen LogP contribution in [0.4, 0.5) is 13.2 Å². The van der Waals surface area contributed by atoms with Crippen LogP contribution < -0.4 is 10.9 Å². The van der Waals surface area contributed by atoms with Crippen molar-refractivity contribution < 1.29 is 18.0 Å².